The van der Waals surface area contributed by atoms with Gasteiger partial charge in [0.05, 0.1) is 18.6 Å². The summed E-state index contributed by atoms with van der Waals surface area (Å²) in [5, 5.41) is 7.04. The summed E-state index contributed by atoms with van der Waals surface area (Å²) in [5.41, 5.74) is 13.3. The molecule has 1 saturated heterocycles. The molecule has 0 radical (unpaired) electrons. The van der Waals surface area contributed by atoms with Gasteiger partial charge in [0.15, 0.2) is 5.71 Å². The monoisotopic (exact) mass is 910 g/mol. The van der Waals surface area contributed by atoms with Crippen LogP contribution in [0.4, 0.5) is 17.1 Å². The minimum absolute atomic E-state index is 0. The maximum atomic E-state index is 13.2. The van der Waals surface area contributed by atoms with Crippen molar-refractivity contribution in [3.8, 4) is 0 Å². The number of rotatable bonds is 17. The molecule has 0 unspecified atom stereocenters. The van der Waals surface area contributed by atoms with Crippen molar-refractivity contribution >= 4 is 39.3 Å². The van der Waals surface area contributed by atoms with Gasteiger partial charge in [-0.2, -0.15) is 11.0 Å². The van der Waals surface area contributed by atoms with Crippen molar-refractivity contribution in [2.75, 3.05) is 62.7 Å². The van der Waals surface area contributed by atoms with Crippen LogP contribution in [-0.4, -0.2) is 86.2 Å². The van der Waals surface area contributed by atoms with Crippen LogP contribution in [-0.2, 0) is 26.2 Å². The fourth-order valence-corrected chi connectivity index (χ4v) is 9.61. The topological polar surface area (TPSA) is 111 Å². The molecule has 3 heterocycles. The molecule has 3 aromatic rings. The molecule has 0 bridgehead atoms. The molecule has 3 aliphatic heterocycles. The first-order valence-electron chi connectivity index (χ1n) is 23.3. The number of morpholine rings is 1. The van der Waals surface area contributed by atoms with Crippen molar-refractivity contribution in [2.24, 2.45) is 0 Å². The second-order valence-corrected chi connectivity index (χ2v) is 18.6. The van der Waals surface area contributed by atoms with Gasteiger partial charge in [-0.05, 0) is 106 Å². The first kappa shape index (κ1) is 51.9. The third-order valence-corrected chi connectivity index (χ3v) is 13.1. The van der Waals surface area contributed by atoms with Gasteiger partial charge in [0.1, 0.15) is 6.54 Å². The molecule has 7 rings (SSSR count). The Morgan fingerprint density at radius 1 is 0.831 bits per heavy atom. The van der Waals surface area contributed by atoms with Gasteiger partial charge in [0.25, 0.3) is 5.91 Å². The molecule has 0 saturated carbocycles. The number of nitrogens with zero attached hydrogens (tertiary/aromatic N) is 3. The van der Waals surface area contributed by atoms with Crippen LogP contribution in [0.15, 0.2) is 120 Å². The van der Waals surface area contributed by atoms with Crippen LogP contribution in [0.1, 0.15) is 114 Å². The first-order chi connectivity index (χ1) is 30.9. The van der Waals surface area contributed by atoms with E-state index in [0.29, 0.717) is 12.1 Å². The first-order valence-corrected chi connectivity index (χ1v) is 24.3. The van der Waals surface area contributed by atoms with Gasteiger partial charge in [-0.1, -0.05) is 82.2 Å². The number of ether oxygens (including phenoxy) is 1. The Labute approximate surface area is 412 Å². The van der Waals surface area contributed by atoms with Crippen molar-refractivity contribution in [1.82, 2.24) is 10.2 Å². The maximum Gasteiger partial charge on any atom is 1.00 e. The van der Waals surface area contributed by atoms with E-state index in [0.717, 1.165) is 90.1 Å². The van der Waals surface area contributed by atoms with Gasteiger partial charge < -0.3 is 27.2 Å². The van der Waals surface area contributed by atoms with E-state index in [1.165, 1.54) is 70.0 Å². The molecule has 3 aromatic carbocycles. The van der Waals surface area contributed by atoms with Crippen molar-refractivity contribution in [2.45, 2.75) is 103 Å². The molecule has 1 aliphatic carbocycles. The standard InChI is InChI=1S/C53H68N5O2.Na.O3S/c1-7-9-15-35-58-47-23-14-12-21-45(47)53(5,6)49(58)31-27-41-19-16-18-40(26-30-48-52(3,4)44-20-11-13-22-46(44)57(48)34-10-8-2)50(41)55-43-28-24-42(25-29-43)51(59)54-32-17-33-56-36-38-60-39-37-56;;1-4(2)3/h11-14,20-31H,2,7-10,15-19,32-39H2,1,3-6H3,(H,54,59);;/q-1;+1;/p+1/b40-26+,48-30+;;. The second kappa shape index (κ2) is 24.6. The predicted molar refractivity (Wildman–Crippen MR) is 260 cm³/mol. The maximum absolute atomic E-state index is 13.2. The van der Waals surface area contributed by atoms with Crippen LogP contribution in [0.5, 0.6) is 0 Å². The summed E-state index contributed by atoms with van der Waals surface area (Å²) in [6, 6.07) is 25.9. The SMILES string of the molecule is O=S(=O)=O.[CH2-]CCCN1/C(=C/C=C2\CCCC(/C=C/C3=[N+](CCCCC)c4ccccc4C3(C)C)=C2Nc2ccc(C(=O)NCCCN3CCOCC3)cc2)C(C)(C)c2ccccc21.[Na+]. The number of carbonyl (C=O) groups is 1. The van der Waals surface area contributed by atoms with E-state index in [1.54, 1.807) is 0 Å². The van der Waals surface area contributed by atoms with Gasteiger partial charge in [-0.3, -0.25) is 9.69 Å². The van der Waals surface area contributed by atoms with Crippen LogP contribution < -0.4 is 45.1 Å². The van der Waals surface area contributed by atoms with E-state index < -0.39 is 10.6 Å². The molecule has 2 N–H and O–H groups in total. The van der Waals surface area contributed by atoms with Gasteiger partial charge in [-0.15, -0.1) is 12.6 Å². The van der Waals surface area contributed by atoms with E-state index in [-0.39, 0.29) is 46.3 Å². The molecule has 0 spiro atoms. The Kier molecular flexibility index (Phi) is 19.6. The van der Waals surface area contributed by atoms with E-state index in [9.17, 15) is 4.79 Å². The van der Waals surface area contributed by atoms with Gasteiger partial charge >= 0.3 is 40.2 Å². The molecule has 342 valence electrons. The fraction of sp³-hybridized carbons (Fsp3) is 0.453. The number of para-hydroxylation sites is 2. The van der Waals surface area contributed by atoms with Crippen LogP contribution >= 0.6 is 0 Å². The van der Waals surface area contributed by atoms with Crippen molar-refractivity contribution in [3.05, 3.63) is 143 Å². The summed E-state index contributed by atoms with van der Waals surface area (Å²) in [6.45, 7) is 23.1. The third-order valence-electron chi connectivity index (χ3n) is 13.1. The van der Waals surface area contributed by atoms with Crippen molar-refractivity contribution < 1.29 is 56.3 Å². The quantitative estimate of drug-likeness (QED) is 0.0644. The molecular formula is C53H69N5NaO5S+. The zero-order chi connectivity index (χ0) is 45.7. The predicted octanol–water partition coefficient (Wildman–Crippen LogP) is 7.03. The summed E-state index contributed by atoms with van der Waals surface area (Å²) in [4.78, 5) is 18.1. The summed E-state index contributed by atoms with van der Waals surface area (Å²) >= 11 is 0. The van der Waals surface area contributed by atoms with Gasteiger partial charge in [0.2, 0.25) is 5.69 Å². The number of nitrogens with one attached hydrogen (secondary N) is 2. The van der Waals surface area contributed by atoms with Gasteiger partial charge in [0, 0.05) is 84.1 Å². The Hall–Kier alpha value is -4.10. The number of anilines is 2. The minimum atomic E-state index is -3.11. The smallest absolute Gasteiger partial charge is 0.379 e. The zero-order valence-corrected chi connectivity index (χ0v) is 42.6. The molecule has 12 heteroatoms. The van der Waals surface area contributed by atoms with Crippen LogP contribution in [0.25, 0.3) is 0 Å². The van der Waals surface area contributed by atoms with Crippen LogP contribution in [0.2, 0.25) is 0 Å². The number of amides is 1. The zero-order valence-electron chi connectivity index (χ0n) is 39.8. The number of hydrogen-bond donors (Lipinski definition) is 2. The molecule has 65 heavy (non-hydrogen) atoms. The minimum Gasteiger partial charge on any atom is -0.379 e. The van der Waals surface area contributed by atoms with E-state index in [4.69, 9.17) is 17.4 Å². The summed E-state index contributed by atoms with van der Waals surface area (Å²) in [5.74, 6) is -0.0273. The van der Waals surface area contributed by atoms with Crippen molar-refractivity contribution in [3.63, 3.8) is 0 Å². The average molecular weight is 911 g/mol. The fourth-order valence-electron chi connectivity index (χ4n) is 9.61. The largest absolute Gasteiger partial charge is 1.00 e. The average Bonchev–Trinajstić information content (AvgIpc) is 3.64. The summed E-state index contributed by atoms with van der Waals surface area (Å²) in [7, 11) is -3.11. The summed E-state index contributed by atoms with van der Waals surface area (Å²) < 4.78 is 33.4. The van der Waals surface area contributed by atoms with Gasteiger partial charge in [-0.25, -0.2) is 0 Å². The number of fused-ring (bicyclic) bond motifs is 2. The van der Waals surface area contributed by atoms with Crippen LogP contribution in [0, 0.1) is 6.92 Å². The molecule has 4 aliphatic rings. The number of benzene rings is 3. The Balaban J connectivity index is 0.00000152. The number of unbranched alkanes of at least 4 members (excludes halogenated alkanes) is 3. The molecule has 1 fully saturated rings. The molecule has 10 nitrogen and oxygen atoms in total. The van der Waals surface area contributed by atoms with Crippen LogP contribution in [0.3, 0.4) is 0 Å². The Morgan fingerprint density at radius 2 is 1.52 bits per heavy atom. The second-order valence-electron chi connectivity index (χ2n) is 18.2. The normalized spacial score (nSPS) is 18.9. The number of allylic oxidation sites excluding steroid dienone is 7. The molecule has 0 aromatic heterocycles. The number of carbonyl (C=O) groups excluding carboxylic acids is 1. The molecular weight excluding hydrogens is 842 g/mol. The molecule has 0 atom stereocenters. The van der Waals surface area contributed by atoms with Crippen molar-refractivity contribution in [1.29, 1.82) is 0 Å². The van der Waals surface area contributed by atoms with E-state index in [1.807, 2.05) is 12.1 Å². The third kappa shape index (κ3) is 13.1. The number of hydrogen-bond acceptors (Lipinski definition) is 8. The molecule has 1 amide bonds. The van der Waals surface area contributed by atoms with E-state index in [2.05, 4.69) is 152 Å². The summed E-state index contributed by atoms with van der Waals surface area (Å²) in [6.07, 6.45) is 19.1. The Morgan fingerprint density at radius 3 is 2.23 bits per heavy atom. The Bertz CT molecular complexity index is 2370. The van der Waals surface area contributed by atoms with E-state index >= 15 is 0 Å².